The zero-order valence-electron chi connectivity index (χ0n) is 26.3. The van der Waals surface area contributed by atoms with Gasteiger partial charge in [0.1, 0.15) is 6.10 Å². The molecule has 0 saturated carbocycles. The monoisotopic (exact) mass is 564 g/mol. The van der Waals surface area contributed by atoms with E-state index in [-0.39, 0.29) is 36.5 Å². The molecule has 0 unspecified atom stereocenters. The fraction of sp³-hybridized carbons (Fsp3) is 0.914. The Morgan fingerprint density at radius 1 is 0.675 bits per heavy atom. The molecule has 2 N–H and O–H groups in total. The van der Waals surface area contributed by atoms with Crippen LogP contribution >= 0.6 is 0 Å². The lowest BCUT2D eigenvalue weighted by Gasteiger charge is -2.22. The van der Waals surface area contributed by atoms with E-state index in [1.165, 1.54) is 109 Å². The first-order chi connectivity index (χ1) is 19.5. The lowest BCUT2D eigenvalue weighted by atomic mass is 10.00. The van der Waals surface area contributed by atoms with Crippen molar-refractivity contribution in [1.29, 1.82) is 0 Å². The molecule has 40 heavy (non-hydrogen) atoms. The van der Waals surface area contributed by atoms with Crippen molar-refractivity contribution in [2.45, 2.75) is 205 Å². The minimum atomic E-state index is -0.382. The van der Waals surface area contributed by atoms with Crippen LogP contribution in [0.1, 0.15) is 174 Å². The maximum atomic E-state index is 11.6. The van der Waals surface area contributed by atoms with Crippen molar-refractivity contribution in [3.05, 3.63) is 11.6 Å². The summed E-state index contributed by atoms with van der Waals surface area (Å²) >= 11 is 0. The van der Waals surface area contributed by atoms with Crippen LogP contribution in [0.3, 0.4) is 0 Å². The molecule has 0 aromatic heterocycles. The van der Waals surface area contributed by atoms with Crippen molar-refractivity contribution in [2.75, 3.05) is 0 Å². The average molecular weight is 565 g/mol. The van der Waals surface area contributed by atoms with E-state index in [0.29, 0.717) is 0 Å². The Morgan fingerprint density at radius 2 is 1.07 bits per heavy atom. The minimum Gasteiger partial charge on any atom is -0.455 e. The van der Waals surface area contributed by atoms with Crippen LogP contribution in [0.4, 0.5) is 0 Å². The first-order valence-corrected chi connectivity index (χ1v) is 17.4. The number of hydrogen-bond donors (Lipinski definition) is 2. The largest absolute Gasteiger partial charge is 0.455 e. The molecule has 234 valence electrons. The highest BCUT2D eigenvalue weighted by Gasteiger charge is 2.34. The molecule has 5 heteroatoms. The highest BCUT2D eigenvalue weighted by atomic mass is 16.5. The Balaban J connectivity index is 1.33. The van der Waals surface area contributed by atoms with Crippen LogP contribution in [0.2, 0.25) is 0 Å². The fourth-order valence-corrected chi connectivity index (χ4v) is 6.37. The van der Waals surface area contributed by atoms with Gasteiger partial charge in [-0.2, -0.15) is 0 Å². The van der Waals surface area contributed by atoms with Crippen molar-refractivity contribution in [3.63, 3.8) is 0 Å². The van der Waals surface area contributed by atoms with Crippen molar-refractivity contribution in [2.24, 2.45) is 0 Å². The predicted octanol–water partition coefficient (Wildman–Crippen LogP) is 9.12. The number of esters is 1. The standard InChI is InChI=1S/C35H64O5/c1-3-4-5-6-7-15-18-21-24-31(36)33-26-27-34(40-33)32(37)25-22-19-16-13-11-9-8-10-12-14-17-20-23-30-28-29(2)39-35(30)38/h28-29,31-34,36-37H,3-27H2,1-2H3/t29-,31+,32-,33-,34-/m1/s1. The third-order valence-electron chi connectivity index (χ3n) is 8.98. The van der Waals surface area contributed by atoms with E-state index >= 15 is 0 Å². The highest BCUT2D eigenvalue weighted by Crippen LogP contribution is 2.28. The second-order valence-corrected chi connectivity index (χ2v) is 12.8. The number of hydrogen-bond acceptors (Lipinski definition) is 5. The molecule has 2 heterocycles. The lowest BCUT2D eigenvalue weighted by molar-refractivity contribution is -0.139. The summed E-state index contributed by atoms with van der Waals surface area (Å²) in [4.78, 5) is 11.6. The first-order valence-electron chi connectivity index (χ1n) is 17.4. The van der Waals surface area contributed by atoms with Crippen LogP contribution in [-0.2, 0) is 14.3 Å². The smallest absolute Gasteiger partial charge is 0.334 e. The van der Waals surface area contributed by atoms with Crippen molar-refractivity contribution < 1.29 is 24.5 Å². The van der Waals surface area contributed by atoms with Gasteiger partial charge < -0.3 is 19.7 Å². The molecule has 0 aliphatic carbocycles. The maximum Gasteiger partial charge on any atom is 0.334 e. The summed E-state index contributed by atoms with van der Waals surface area (Å²) in [5.74, 6) is -0.111. The zero-order valence-corrected chi connectivity index (χ0v) is 26.3. The molecule has 2 aliphatic rings. The van der Waals surface area contributed by atoms with Gasteiger partial charge in [0.2, 0.25) is 0 Å². The number of aliphatic hydroxyl groups excluding tert-OH is 2. The second-order valence-electron chi connectivity index (χ2n) is 12.8. The Bertz CT molecular complexity index is 662. The molecule has 2 rings (SSSR count). The van der Waals surface area contributed by atoms with Gasteiger partial charge in [-0.05, 0) is 51.5 Å². The molecule has 1 saturated heterocycles. The van der Waals surface area contributed by atoms with Gasteiger partial charge in [0.15, 0.2) is 0 Å². The van der Waals surface area contributed by atoms with Crippen molar-refractivity contribution in [1.82, 2.24) is 0 Å². The topological polar surface area (TPSA) is 76.0 Å². The molecular formula is C35H64O5. The summed E-state index contributed by atoms with van der Waals surface area (Å²) in [6.45, 7) is 4.17. The number of ether oxygens (including phenoxy) is 2. The molecule has 5 nitrogen and oxygen atoms in total. The molecule has 1 fully saturated rings. The molecule has 0 bridgehead atoms. The number of carbonyl (C=O) groups excluding carboxylic acids is 1. The normalized spacial score (nSPS) is 22.4. The van der Waals surface area contributed by atoms with E-state index in [2.05, 4.69) is 6.92 Å². The summed E-state index contributed by atoms with van der Waals surface area (Å²) in [6.07, 6.45) is 30.6. The van der Waals surface area contributed by atoms with Gasteiger partial charge in [0.25, 0.3) is 0 Å². The van der Waals surface area contributed by atoms with E-state index in [1.54, 1.807) is 0 Å². The Morgan fingerprint density at radius 3 is 1.48 bits per heavy atom. The van der Waals surface area contributed by atoms with Gasteiger partial charge in [-0.3, -0.25) is 0 Å². The summed E-state index contributed by atoms with van der Waals surface area (Å²) < 4.78 is 11.2. The number of cyclic esters (lactones) is 1. The third-order valence-corrected chi connectivity index (χ3v) is 8.98. The SMILES string of the molecule is CCCCCCCCCC[C@H](O)[C@H]1CC[C@H]([C@H](O)CCCCCCCCCCCCCCC2=C[C@@H](C)OC2=O)O1. The Kier molecular flexibility index (Phi) is 20.0. The van der Waals surface area contributed by atoms with Crippen LogP contribution < -0.4 is 0 Å². The zero-order chi connectivity index (χ0) is 28.8. The second kappa shape index (κ2) is 22.7. The molecule has 0 aromatic carbocycles. The molecule has 0 spiro atoms. The summed E-state index contributed by atoms with van der Waals surface area (Å²) in [5.41, 5.74) is 0.877. The average Bonchev–Trinajstić information content (AvgIpc) is 3.56. The van der Waals surface area contributed by atoms with Crippen molar-refractivity contribution >= 4 is 5.97 Å². The van der Waals surface area contributed by atoms with Gasteiger partial charge in [-0.25, -0.2) is 4.79 Å². The molecule has 2 aliphatic heterocycles. The number of rotatable bonds is 26. The summed E-state index contributed by atoms with van der Waals surface area (Å²) in [5, 5.41) is 21.2. The predicted molar refractivity (Wildman–Crippen MR) is 165 cm³/mol. The maximum absolute atomic E-state index is 11.6. The van der Waals surface area contributed by atoms with E-state index in [4.69, 9.17) is 9.47 Å². The molecule has 0 aromatic rings. The molecule has 0 amide bonds. The van der Waals surface area contributed by atoms with Crippen molar-refractivity contribution in [3.8, 4) is 0 Å². The van der Waals surface area contributed by atoms with Crippen LogP contribution in [0.25, 0.3) is 0 Å². The van der Waals surface area contributed by atoms with Crippen LogP contribution in [0.15, 0.2) is 11.6 Å². The Labute approximate surface area is 246 Å². The van der Waals surface area contributed by atoms with Crippen LogP contribution in [0, 0.1) is 0 Å². The van der Waals surface area contributed by atoms with E-state index in [0.717, 1.165) is 56.9 Å². The van der Waals surface area contributed by atoms with Gasteiger partial charge in [0.05, 0.1) is 24.4 Å². The highest BCUT2D eigenvalue weighted by molar-refractivity contribution is 5.90. The van der Waals surface area contributed by atoms with Gasteiger partial charge in [-0.15, -0.1) is 0 Å². The van der Waals surface area contributed by atoms with Gasteiger partial charge in [-0.1, -0.05) is 129 Å². The first kappa shape index (κ1) is 35.3. The summed E-state index contributed by atoms with van der Waals surface area (Å²) in [6, 6.07) is 0. The van der Waals surface area contributed by atoms with Crippen LogP contribution in [0.5, 0.6) is 0 Å². The van der Waals surface area contributed by atoms with E-state index in [9.17, 15) is 15.0 Å². The number of carbonyl (C=O) groups is 1. The quantitative estimate of drug-likeness (QED) is 0.0809. The number of unbranched alkanes of at least 4 members (excludes halogenated alkanes) is 18. The lowest BCUT2D eigenvalue weighted by Crippen LogP contribution is -2.31. The fourth-order valence-electron chi connectivity index (χ4n) is 6.37. The van der Waals surface area contributed by atoms with Gasteiger partial charge >= 0.3 is 5.97 Å². The third kappa shape index (κ3) is 15.9. The van der Waals surface area contributed by atoms with E-state index < -0.39 is 0 Å². The molecular weight excluding hydrogens is 500 g/mol. The molecule has 5 atom stereocenters. The molecule has 0 radical (unpaired) electrons. The van der Waals surface area contributed by atoms with E-state index in [1.807, 2.05) is 13.0 Å². The minimum absolute atomic E-state index is 0.0384. The number of aliphatic hydroxyl groups is 2. The van der Waals surface area contributed by atoms with Gasteiger partial charge in [0, 0.05) is 5.57 Å². The summed E-state index contributed by atoms with van der Waals surface area (Å²) in [7, 11) is 0. The Hall–Kier alpha value is -0.910. The van der Waals surface area contributed by atoms with Crippen LogP contribution in [-0.4, -0.2) is 46.7 Å².